The van der Waals surface area contributed by atoms with Gasteiger partial charge in [-0.15, -0.1) is 0 Å². The third-order valence-electron chi connectivity index (χ3n) is 4.02. The molecule has 1 aromatic rings. The summed E-state index contributed by atoms with van der Waals surface area (Å²) in [4.78, 5) is 0. The van der Waals surface area contributed by atoms with E-state index in [0.717, 1.165) is 26.1 Å². The van der Waals surface area contributed by atoms with Crippen molar-refractivity contribution in [2.24, 2.45) is 11.1 Å². The van der Waals surface area contributed by atoms with Gasteiger partial charge in [0.05, 0.1) is 0 Å². The standard InChI is InChI=1S/C17H30N2/c1-5-14(2)16-8-6-15(7-9-16)12-19-11-10-17(3,4)13-18/h6-9,14,19H,5,10-13,18H2,1-4H3. The topological polar surface area (TPSA) is 38.0 Å². The molecule has 0 aromatic heterocycles. The van der Waals surface area contributed by atoms with E-state index in [4.69, 9.17) is 5.73 Å². The number of nitrogens with two attached hydrogens (primary N) is 1. The summed E-state index contributed by atoms with van der Waals surface area (Å²) in [6.07, 6.45) is 2.32. The van der Waals surface area contributed by atoms with E-state index in [1.54, 1.807) is 0 Å². The summed E-state index contributed by atoms with van der Waals surface area (Å²) in [7, 11) is 0. The highest BCUT2D eigenvalue weighted by Gasteiger charge is 2.14. The maximum Gasteiger partial charge on any atom is 0.0205 e. The highest BCUT2D eigenvalue weighted by Crippen LogP contribution is 2.19. The summed E-state index contributed by atoms with van der Waals surface area (Å²) in [6.45, 7) is 11.7. The molecule has 0 saturated carbocycles. The molecule has 2 heteroatoms. The minimum absolute atomic E-state index is 0.243. The summed E-state index contributed by atoms with van der Waals surface area (Å²) in [5.41, 5.74) is 8.77. The van der Waals surface area contributed by atoms with Crippen molar-refractivity contribution in [1.82, 2.24) is 5.32 Å². The molecular formula is C17H30N2. The van der Waals surface area contributed by atoms with Gasteiger partial charge < -0.3 is 11.1 Å². The van der Waals surface area contributed by atoms with Crippen LogP contribution >= 0.6 is 0 Å². The first-order chi connectivity index (χ1) is 8.98. The van der Waals surface area contributed by atoms with Gasteiger partial charge in [-0.25, -0.2) is 0 Å². The summed E-state index contributed by atoms with van der Waals surface area (Å²) in [5, 5.41) is 3.50. The van der Waals surface area contributed by atoms with Gasteiger partial charge >= 0.3 is 0 Å². The van der Waals surface area contributed by atoms with E-state index in [1.807, 2.05) is 0 Å². The van der Waals surface area contributed by atoms with E-state index in [0.29, 0.717) is 5.92 Å². The predicted molar refractivity (Wildman–Crippen MR) is 84.3 cm³/mol. The second-order valence-corrected chi connectivity index (χ2v) is 6.35. The molecule has 0 aliphatic rings. The summed E-state index contributed by atoms with van der Waals surface area (Å²) < 4.78 is 0. The molecule has 0 spiro atoms. The first-order valence-corrected chi connectivity index (χ1v) is 7.48. The Labute approximate surface area is 118 Å². The van der Waals surface area contributed by atoms with E-state index in [2.05, 4.69) is 57.3 Å². The highest BCUT2D eigenvalue weighted by atomic mass is 14.8. The molecule has 0 saturated heterocycles. The van der Waals surface area contributed by atoms with Crippen LogP contribution in [-0.4, -0.2) is 13.1 Å². The second kappa shape index (κ2) is 7.66. The molecule has 0 fully saturated rings. The monoisotopic (exact) mass is 262 g/mol. The van der Waals surface area contributed by atoms with E-state index >= 15 is 0 Å². The summed E-state index contributed by atoms with van der Waals surface area (Å²) in [6, 6.07) is 9.00. The van der Waals surface area contributed by atoms with Gasteiger partial charge in [-0.2, -0.15) is 0 Å². The molecule has 1 unspecified atom stereocenters. The van der Waals surface area contributed by atoms with Gasteiger partial charge in [-0.05, 0) is 48.4 Å². The van der Waals surface area contributed by atoms with Gasteiger partial charge in [0, 0.05) is 6.54 Å². The molecule has 0 bridgehead atoms. The van der Waals surface area contributed by atoms with Gasteiger partial charge in [0.2, 0.25) is 0 Å². The molecule has 0 aliphatic carbocycles. The Morgan fingerprint density at radius 2 is 1.84 bits per heavy atom. The summed E-state index contributed by atoms with van der Waals surface area (Å²) >= 11 is 0. The largest absolute Gasteiger partial charge is 0.330 e. The Balaban J connectivity index is 2.34. The van der Waals surface area contributed by atoms with Crippen LogP contribution in [0.15, 0.2) is 24.3 Å². The van der Waals surface area contributed by atoms with Crippen LogP contribution in [-0.2, 0) is 6.54 Å². The zero-order valence-corrected chi connectivity index (χ0v) is 13.0. The van der Waals surface area contributed by atoms with Crippen LogP contribution in [0.3, 0.4) is 0 Å². The fourth-order valence-electron chi connectivity index (χ4n) is 1.96. The van der Waals surface area contributed by atoms with E-state index in [1.165, 1.54) is 17.5 Å². The van der Waals surface area contributed by atoms with Crippen molar-refractivity contribution in [3.05, 3.63) is 35.4 Å². The Bertz CT molecular complexity index is 354. The van der Waals surface area contributed by atoms with Crippen LogP contribution in [0.1, 0.15) is 57.6 Å². The lowest BCUT2D eigenvalue weighted by atomic mass is 9.90. The lowest BCUT2D eigenvalue weighted by Gasteiger charge is -2.22. The molecule has 19 heavy (non-hydrogen) atoms. The zero-order chi connectivity index (χ0) is 14.3. The van der Waals surface area contributed by atoms with E-state index < -0.39 is 0 Å². The van der Waals surface area contributed by atoms with Gasteiger partial charge in [-0.1, -0.05) is 52.0 Å². The van der Waals surface area contributed by atoms with E-state index in [9.17, 15) is 0 Å². The molecule has 0 amide bonds. The number of nitrogens with one attached hydrogen (secondary N) is 1. The Morgan fingerprint density at radius 3 is 2.37 bits per heavy atom. The van der Waals surface area contributed by atoms with Crippen molar-refractivity contribution in [1.29, 1.82) is 0 Å². The molecular weight excluding hydrogens is 232 g/mol. The number of benzene rings is 1. The lowest BCUT2D eigenvalue weighted by molar-refractivity contribution is 0.339. The van der Waals surface area contributed by atoms with Crippen LogP contribution < -0.4 is 11.1 Å². The van der Waals surface area contributed by atoms with Crippen LogP contribution in [0.4, 0.5) is 0 Å². The van der Waals surface area contributed by atoms with Crippen molar-refractivity contribution in [3.8, 4) is 0 Å². The number of rotatable bonds is 8. The van der Waals surface area contributed by atoms with Crippen molar-refractivity contribution in [2.45, 2.75) is 53.0 Å². The second-order valence-electron chi connectivity index (χ2n) is 6.35. The van der Waals surface area contributed by atoms with Crippen LogP contribution in [0, 0.1) is 5.41 Å². The SMILES string of the molecule is CCC(C)c1ccc(CNCCC(C)(C)CN)cc1. The van der Waals surface area contributed by atoms with Crippen LogP contribution in [0.2, 0.25) is 0 Å². The Hall–Kier alpha value is -0.860. The zero-order valence-electron chi connectivity index (χ0n) is 13.0. The lowest BCUT2D eigenvalue weighted by Crippen LogP contribution is -2.28. The average Bonchev–Trinajstić information content (AvgIpc) is 2.43. The number of hydrogen-bond donors (Lipinski definition) is 2. The number of hydrogen-bond acceptors (Lipinski definition) is 2. The van der Waals surface area contributed by atoms with Gasteiger partial charge in [-0.3, -0.25) is 0 Å². The van der Waals surface area contributed by atoms with Crippen LogP contribution in [0.25, 0.3) is 0 Å². The molecule has 1 rings (SSSR count). The predicted octanol–water partition coefficient (Wildman–Crippen LogP) is 3.66. The maximum absolute atomic E-state index is 5.73. The molecule has 3 N–H and O–H groups in total. The smallest absolute Gasteiger partial charge is 0.0205 e. The normalized spacial score (nSPS) is 13.5. The molecule has 0 radical (unpaired) electrons. The maximum atomic E-state index is 5.73. The molecule has 108 valence electrons. The minimum Gasteiger partial charge on any atom is -0.330 e. The van der Waals surface area contributed by atoms with Gasteiger partial charge in [0.25, 0.3) is 0 Å². The fraction of sp³-hybridized carbons (Fsp3) is 0.647. The van der Waals surface area contributed by atoms with Gasteiger partial charge in [0.15, 0.2) is 0 Å². The fourth-order valence-corrected chi connectivity index (χ4v) is 1.96. The van der Waals surface area contributed by atoms with Crippen molar-refractivity contribution >= 4 is 0 Å². The van der Waals surface area contributed by atoms with Crippen molar-refractivity contribution in [3.63, 3.8) is 0 Å². The first-order valence-electron chi connectivity index (χ1n) is 7.48. The van der Waals surface area contributed by atoms with Crippen molar-refractivity contribution in [2.75, 3.05) is 13.1 Å². The third kappa shape index (κ3) is 5.75. The molecule has 0 heterocycles. The van der Waals surface area contributed by atoms with Gasteiger partial charge in [0.1, 0.15) is 0 Å². The molecule has 2 nitrogen and oxygen atoms in total. The van der Waals surface area contributed by atoms with Crippen LogP contribution in [0.5, 0.6) is 0 Å². The summed E-state index contributed by atoms with van der Waals surface area (Å²) in [5.74, 6) is 0.660. The van der Waals surface area contributed by atoms with E-state index in [-0.39, 0.29) is 5.41 Å². The molecule has 1 aromatic carbocycles. The first kappa shape index (κ1) is 16.2. The molecule has 1 atom stereocenters. The Kier molecular flexibility index (Phi) is 6.53. The van der Waals surface area contributed by atoms with Crippen molar-refractivity contribution < 1.29 is 0 Å². The third-order valence-corrected chi connectivity index (χ3v) is 4.02. The highest BCUT2D eigenvalue weighted by molar-refractivity contribution is 5.24. The quantitative estimate of drug-likeness (QED) is 0.702. The minimum atomic E-state index is 0.243. The molecule has 0 aliphatic heterocycles. The Morgan fingerprint density at radius 1 is 1.21 bits per heavy atom. The average molecular weight is 262 g/mol.